The van der Waals surface area contributed by atoms with Crippen LogP contribution in [0.25, 0.3) is 0 Å². The van der Waals surface area contributed by atoms with E-state index in [0.717, 1.165) is 70.0 Å². The van der Waals surface area contributed by atoms with Crippen LogP contribution in [-0.2, 0) is 11.3 Å². The Hall–Kier alpha value is -2.18. The molecule has 2 saturated heterocycles. The van der Waals surface area contributed by atoms with Crippen molar-refractivity contribution in [2.45, 2.75) is 32.2 Å². The van der Waals surface area contributed by atoms with Gasteiger partial charge in [0.1, 0.15) is 0 Å². The Balaban J connectivity index is 1.19. The van der Waals surface area contributed by atoms with Crippen LogP contribution in [0.1, 0.15) is 40.9 Å². The zero-order chi connectivity index (χ0) is 20.8. The first-order valence-corrected chi connectivity index (χ1v) is 11.9. The van der Waals surface area contributed by atoms with Gasteiger partial charge in [-0.25, -0.2) is 0 Å². The van der Waals surface area contributed by atoms with Gasteiger partial charge in [0.2, 0.25) is 5.91 Å². The zero-order valence-electron chi connectivity index (χ0n) is 17.5. The molecule has 1 aromatic carbocycles. The van der Waals surface area contributed by atoms with E-state index >= 15 is 0 Å². The SMILES string of the molecule is O=C(CC[C@@H]1CCCN(C(=O)c2cccs2)C1)N1CCN(Cc2ccccc2)CC1. The Morgan fingerprint density at radius 1 is 0.933 bits per heavy atom. The molecule has 6 heteroatoms. The molecule has 30 heavy (non-hydrogen) atoms. The van der Waals surface area contributed by atoms with Gasteiger partial charge in [-0.05, 0) is 42.2 Å². The molecule has 2 fully saturated rings. The molecule has 160 valence electrons. The highest BCUT2D eigenvalue weighted by atomic mass is 32.1. The number of hydrogen-bond donors (Lipinski definition) is 0. The average molecular weight is 426 g/mol. The fourth-order valence-corrected chi connectivity index (χ4v) is 5.21. The topological polar surface area (TPSA) is 43.9 Å². The Morgan fingerprint density at radius 2 is 1.73 bits per heavy atom. The minimum Gasteiger partial charge on any atom is -0.340 e. The van der Waals surface area contributed by atoms with E-state index in [4.69, 9.17) is 0 Å². The second-order valence-corrected chi connectivity index (χ2v) is 9.37. The second kappa shape index (κ2) is 10.2. The number of benzene rings is 1. The lowest BCUT2D eigenvalue weighted by Crippen LogP contribution is -2.48. The standard InChI is InChI=1S/C24H31N3O2S/c28-23(26-15-13-25(14-16-26)18-20-6-2-1-3-7-20)11-10-21-8-4-12-27(19-21)24(29)22-9-5-17-30-22/h1-3,5-7,9,17,21H,4,8,10-16,18-19H2/t21-/m0/s1. The third kappa shape index (κ3) is 5.49. The Labute approximate surface area is 183 Å². The summed E-state index contributed by atoms with van der Waals surface area (Å²) in [6, 6.07) is 14.4. The molecule has 0 N–H and O–H groups in total. The lowest BCUT2D eigenvalue weighted by Gasteiger charge is -2.36. The summed E-state index contributed by atoms with van der Waals surface area (Å²) in [7, 11) is 0. The van der Waals surface area contributed by atoms with Gasteiger partial charge in [-0.1, -0.05) is 36.4 Å². The normalized spacial score (nSPS) is 20.3. The van der Waals surface area contributed by atoms with E-state index in [2.05, 4.69) is 29.2 Å². The quantitative estimate of drug-likeness (QED) is 0.708. The predicted octanol–water partition coefficient (Wildman–Crippen LogP) is 3.72. The molecule has 2 aliphatic rings. The highest BCUT2D eigenvalue weighted by Crippen LogP contribution is 2.24. The summed E-state index contributed by atoms with van der Waals surface area (Å²) in [6.07, 6.45) is 3.64. The molecule has 0 unspecified atom stereocenters. The molecule has 0 radical (unpaired) electrons. The Kier molecular flexibility index (Phi) is 7.18. The summed E-state index contributed by atoms with van der Waals surface area (Å²) in [5.74, 6) is 0.859. The number of piperidine rings is 1. The second-order valence-electron chi connectivity index (χ2n) is 8.42. The van der Waals surface area contributed by atoms with Gasteiger partial charge in [0.05, 0.1) is 4.88 Å². The number of likely N-dealkylation sites (tertiary alicyclic amines) is 1. The van der Waals surface area contributed by atoms with Crippen molar-refractivity contribution in [1.29, 1.82) is 0 Å². The molecule has 0 spiro atoms. The fraction of sp³-hybridized carbons (Fsp3) is 0.500. The largest absolute Gasteiger partial charge is 0.340 e. The molecular formula is C24H31N3O2S. The molecule has 3 heterocycles. The van der Waals surface area contributed by atoms with E-state index in [0.29, 0.717) is 12.3 Å². The van der Waals surface area contributed by atoms with Crippen molar-refractivity contribution in [1.82, 2.24) is 14.7 Å². The van der Waals surface area contributed by atoms with Gasteiger partial charge < -0.3 is 9.80 Å². The first-order chi connectivity index (χ1) is 14.7. The van der Waals surface area contributed by atoms with Crippen LogP contribution in [-0.4, -0.2) is 65.8 Å². The van der Waals surface area contributed by atoms with Crippen molar-refractivity contribution in [3.8, 4) is 0 Å². The first kappa shape index (κ1) is 21.1. The summed E-state index contributed by atoms with van der Waals surface area (Å²) in [5.41, 5.74) is 1.33. The maximum atomic E-state index is 12.7. The van der Waals surface area contributed by atoms with Crippen molar-refractivity contribution < 1.29 is 9.59 Å². The molecule has 0 aliphatic carbocycles. The number of nitrogens with zero attached hydrogens (tertiary/aromatic N) is 3. The highest BCUT2D eigenvalue weighted by molar-refractivity contribution is 7.12. The van der Waals surface area contributed by atoms with E-state index in [1.54, 1.807) is 0 Å². The molecule has 2 aliphatic heterocycles. The van der Waals surface area contributed by atoms with Gasteiger partial charge in [0.25, 0.3) is 5.91 Å². The van der Waals surface area contributed by atoms with E-state index in [-0.39, 0.29) is 11.8 Å². The lowest BCUT2D eigenvalue weighted by atomic mass is 9.93. The smallest absolute Gasteiger partial charge is 0.263 e. The maximum absolute atomic E-state index is 12.7. The zero-order valence-corrected chi connectivity index (χ0v) is 18.4. The maximum Gasteiger partial charge on any atom is 0.263 e. The highest BCUT2D eigenvalue weighted by Gasteiger charge is 2.27. The fourth-order valence-electron chi connectivity index (χ4n) is 4.52. The van der Waals surface area contributed by atoms with Crippen LogP contribution in [0.5, 0.6) is 0 Å². The van der Waals surface area contributed by atoms with Gasteiger partial charge in [-0.15, -0.1) is 11.3 Å². The van der Waals surface area contributed by atoms with Gasteiger partial charge in [-0.2, -0.15) is 0 Å². The first-order valence-electron chi connectivity index (χ1n) is 11.1. The van der Waals surface area contributed by atoms with Crippen LogP contribution in [0, 0.1) is 5.92 Å². The van der Waals surface area contributed by atoms with Crippen LogP contribution in [0.4, 0.5) is 0 Å². The third-order valence-electron chi connectivity index (χ3n) is 6.28. The van der Waals surface area contributed by atoms with Crippen molar-refractivity contribution >= 4 is 23.2 Å². The van der Waals surface area contributed by atoms with Crippen LogP contribution in [0.3, 0.4) is 0 Å². The number of thiophene rings is 1. The summed E-state index contributed by atoms with van der Waals surface area (Å²) < 4.78 is 0. The molecule has 0 bridgehead atoms. The van der Waals surface area contributed by atoms with Crippen LogP contribution >= 0.6 is 11.3 Å². The molecule has 0 saturated carbocycles. The minimum absolute atomic E-state index is 0.149. The minimum atomic E-state index is 0.149. The van der Waals surface area contributed by atoms with Gasteiger partial charge in [0.15, 0.2) is 0 Å². The summed E-state index contributed by atoms with van der Waals surface area (Å²) >= 11 is 1.51. The van der Waals surface area contributed by atoms with Crippen molar-refractivity contribution in [2.75, 3.05) is 39.3 Å². The van der Waals surface area contributed by atoms with Gasteiger partial charge in [0, 0.05) is 52.2 Å². The van der Waals surface area contributed by atoms with Gasteiger partial charge in [-0.3, -0.25) is 14.5 Å². The third-order valence-corrected chi connectivity index (χ3v) is 7.14. The van der Waals surface area contributed by atoms with Crippen LogP contribution in [0.15, 0.2) is 47.8 Å². The Bertz CT molecular complexity index is 816. The summed E-state index contributed by atoms with van der Waals surface area (Å²) in [4.78, 5) is 32.6. The van der Waals surface area contributed by atoms with Crippen molar-refractivity contribution in [3.63, 3.8) is 0 Å². The molecule has 2 amide bonds. The molecule has 4 rings (SSSR count). The average Bonchev–Trinajstić information content (AvgIpc) is 3.33. The van der Waals surface area contributed by atoms with Crippen LogP contribution in [0.2, 0.25) is 0 Å². The van der Waals surface area contributed by atoms with E-state index < -0.39 is 0 Å². The van der Waals surface area contributed by atoms with E-state index in [1.807, 2.05) is 33.4 Å². The van der Waals surface area contributed by atoms with Crippen LogP contribution < -0.4 is 0 Å². The number of rotatable bonds is 6. The predicted molar refractivity (Wildman–Crippen MR) is 120 cm³/mol. The monoisotopic (exact) mass is 425 g/mol. The molecule has 2 aromatic rings. The van der Waals surface area contributed by atoms with E-state index in [9.17, 15) is 9.59 Å². The lowest BCUT2D eigenvalue weighted by molar-refractivity contribution is -0.133. The number of hydrogen-bond acceptors (Lipinski definition) is 4. The van der Waals surface area contributed by atoms with E-state index in [1.165, 1.54) is 16.9 Å². The molecule has 5 nitrogen and oxygen atoms in total. The number of carbonyl (C=O) groups is 2. The van der Waals surface area contributed by atoms with Crippen molar-refractivity contribution in [3.05, 3.63) is 58.3 Å². The summed E-state index contributed by atoms with van der Waals surface area (Å²) in [6.45, 7) is 6.09. The van der Waals surface area contributed by atoms with Gasteiger partial charge >= 0.3 is 0 Å². The Morgan fingerprint density at radius 3 is 2.47 bits per heavy atom. The number of piperazine rings is 1. The molecular weight excluding hydrogens is 394 g/mol. The molecule has 1 atom stereocenters. The summed E-state index contributed by atoms with van der Waals surface area (Å²) in [5, 5.41) is 1.95. The molecule has 1 aromatic heterocycles. The number of carbonyl (C=O) groups excluding carboxylic acids is 2. The van der Waals surface area contributed by atoms with Crippen molar-refractivity contribution in [2.24, 2.45) is 5.92 Å². The number of amides is 2.